The summed E-state index contributed by atoms with van der Waals surface area (Å²) in [5.74, 6) is 1.95. The Labute approximate surface area is 250 Å². The van der Waals surface area contributed by atoms with Crippen LogP contribution in [0.1, 0.15) is 11.1 Å². The topological polar surface area (TPSA) is 51.6 Å². The third kappa shape index (κ3) is 4.69. The van der Waals surface area contributed by atoms with E-state index in [4.69, 9.17) is 19.9 Å². The van der Waals surface area contributed by atoms with Gasteiger partial charge in [0.1, 0.15) is 0 Å². The molecule has 43 heavy (non-hydrogen) atoms. The normalized spacial score (nSPS) is 11.6. The highest BCUT2D eigenvalue weighted by molar-refractivity contribution is 5.84. The average molecular weight is 551 g/mol. The number of rotatable bonds is 5. The van der Waals surface area contributed by atoms with Crippen molar-refractivity contribution in [2.45, 2.75) is 6.42 Å². The maximum atomic E-state index is 4.93. The molecule has 0 saturated carbocycles. The first-order chi connectivity index (χ1) is 21.3. The van der Waals surface area contributed by atoms with Gasteiger partial charge in [0.25, 0.3) is 0 Å². The summed E-state index contributed by atoms with van der Waals surface area (Å²) in [6, 6.07) is 48.0. The number of nitrogens with zero attached hydrogens (tertiary/aromatic N) is 4. The van der Waals surface area contributed by atoms with E-state index in [9.17, 15) is 0 Å². The highest BCUT2D eigenvalue weighted by atomic mass is 15.0. The molecule has 0 radical (unpaired) electrons. The molecule has 202 valence electrons. The maximum Gasteiger partial charge on any atom is 0.164 e. The summed E-state index contributed by atoms with van der Waals surface area (Å²) in [5.41, 5.74) is 12.5. The van der Waals surface area contributed by atoms with Crippen LogP contribution in [0.3, 0.4) is 0 Å². The van der Waals surface area contributed by atoms with Crippen molar-refractivity contribution in [3.63, 3.8) is 0 Å². The van der Waals surface area contributed by atoms with Crippen molar-refractivity contribution in [2.24, 2.45) is 0 Å². The van der Waals surface area contributed by atoms with Gasteiger partial charge in [-0.2, -0.15) is 0 Å². The van der Waals surface area contributed by atoms with E-state index >= 15 is 0 Å². The Morgan fingerprint density at radius 3 is 1.58 bits per heavy atom. The Balaban J connectivity index is 1.20. The first-order valence-electron chi connectivity index (χ1n) is 14.4. The van der Waals surface area contributed by atoms with Crippen molar-refractivity contribution >= 4 is 0 Å². The highest BCUT2D eigenvalue weighted by Gasteiger charge is 2.22. The molecule has 0 amide bonds. The maximum absolute atomic E-state index is 4.93. The zero-order valence-electron chi connectivity index (χ0n) is 23.4. The second-order valence-electron chi connectivity index (χ2n) is 10.7. The van der Waals surface area contributed by atoms with Gasteiger partial charge < -0.3 is 0 Å². The molecule has 2 heterocycles. The van der Waals surface area contributed by atoms with Crippen LogP contribution in [0.2, 0.25) is 0 Å². The fraction of sp³-hybridized carbons (Fsp3) is 0.0256. The molecule has 0 aliphatic heterocycles. The van der Waals surface area contributed by atoms with Gasteiger partial charge in [0, 0.05) is 34.9 Å². The van der Waals surface area contributed by atoms with Gasteiger partial charge in [0.05, 0.1) is 5.69 Å². The Kier molecular flexibility index (Phi) is 6.16. The molecule has 0 saturated heterocycles. The molecule has 0 unspecified atom stereocenters. The average Bonchev–Trinajstić information content (AvgIpc) is 3.48. The fourth-order valence-electron chi connectivity index (χ4n) is 5.92. The zero-order valence-corrected chi connectivity index (χ0v) is 23.4. The Hall–Kier alpha value is -5.74. The third-order valence-corrected chi connectivity index (χ3v) is 8.02. The van der Waals surface area contributed by atoms with Crippen LogP contribution >= 0.6 is 0 Å². The van der Waals surface area contributed by atoms with Crippen LogP contribution in [0.15, 0.2) is 146 Å². The third-order valence-electron chi connectivity index (χ3n) is 8.02. The molecular weight excluding hydrogens is 524 g/mol. The van der Waals surface area contributed by atoms with E-state index in [0.717, 1.165) is 45.5 Å². The zero-order chi connectivity index (χ0) is 28.6. The van der Waals surface area contributed by atoms with Crippen molar-refractivity contribution in [3.05, 3.63) is 157 Å². The molecule has 0 spiro atoms. The highest BCUT2D eigenvalue weighted by Crippen LogP contribution is 2.41. The van der Waals surface area contributed by atoms with E-state index in [1.807, 2.05) is 66.9 Å². The van der Waals surface area contributed by atoms with E-state index in [-0.39, 0.29) is 0 Å². The molecule has 8 rings (SSSR count). The first-order valence-corrected chi connectivity index (χ1v) is 14.4. The van der Waals surface area contributed by atoms with E-state index in [1.165, 1.54) is 22.3 Å². The van der Waals surface area contributed by atoms with Crippen molar-refractivity contribution < 1.29 is 0 Å². The van der Waals surface area contributed by atoms with Crippen LogP contribution in [0.5, 0.6) is 0 Å². The number of hydrogen-bond donors (Lipinski definition) is 0. The van der Waals surface area contributed by atoms with Crippen LogP contribution in [0.4, 0.5) is 0 Å². The predicted octanol–water partition coefficient (Wildman–Crippen LogP) is 9.17. The molecule has 4 heteroatoms. The molecular formula is C39H26N4. The fourth-order valence-corrected chi connectivity index (χ4v) is 5.92. The van der Waals surface area contributed by atoms with Crippen LogP contribution in [0, 0.1) is 0 Å². The molecule has 0 bridgehead atoms. The van der Waals surface area contributed by atoms with Crippen molar-refractivity contribution in [1.82, 2.24) is 19.9 Å². The summed E-state index contributed by atoms with van der Waals surface area (Å²) < 4.78 is 0. The lowest BCUT2D eigenvalue weighted by molar-refractivity contribution is 1.07. The van der Waals surface area contributed by atoms with E-state index in [1.54, 1.807) is 0 Å². The summed E-state index contributed by atoms with van der Waals surface area (Å²) in [6.45, 7) is 0. The lowest BCUT2D eigenvalue weighted by Crippen LogP contribution is -2.00. The summed E-state index contributed by atoms with van der Waals surface area (Å²) in [4.78, 5) is 19.5. The molecule has 4 nitrogen and oxygen atoms in total. The summed E-state index contributed by atoms with van der Waals surface area (Å²) in [6.07, 6.45) is 2.83. The van der Waals surface area contributed by atoms with E-state index in [0.29, 0.717) is 17.5 Å². The minimum absolute atomic E-state index is 0.644. The smallest absolute Gasteiger partial charge is 0.164 e. The van der Waals surface area contributed by atoms with Gasteiger partial charge in [-0.15, -0.1) is 0 Å². The van der Waals surface area contributed by atoms with Gasteiger partial charge in [-0.05, 0) is 51.6 Å². The molecule has 1 aliphatic rings. The monoisotopic (exact) mass is 550 g/mol. The summed E-state index contributed by atoms with van der Waals surface area (Å²) in [7, 11) is 0. The lowest BCUT2D eigenvalue weighted by Gasteiger charge is -2.11. The number of hydrogen-bond acceptors (Lipinski definition) is 4. The van der Waals surface area contributed by atoms with Gasteiger partial charge in [-0.25, -0.2) is 15.0 Å². The molecule has 2 aromatic heterocycles. The number of pyridine rings is 1. The van der Waals surface area contributed by atoms with Gasteiger partial charge in [0.15, 0.2) is 17.5 Å². The van der Waals surface area contributed by atoms with Crippen molar-refractivity contribution in [3.8, 4) is 67.7 Å². The standard InChI is InChI=1S/C39H26N4/c1-3-11-26(12-4-1)37-41-38(27-13-5-2-6-14-27)43-39(42-37)32-19-10-17-29(24-32)28-16-9-18-31(23-28)36-35-25-30-15-7-8-20-33(30)34(35)21-22-40-36/h1-24H,25H2. The van der Waals surface area contributed by atoms with Crippen LogP contribution in [0.25, 0.3) is 67.7 Å². The molecule has 7 aromatic rings. The lowest BCUT2D eigenvalue weighted by atomic mass is 9.97. The quantitative estimate of drug-likeness (QED) is 0.214. The number of fused-ring (bicyclic) bond motifs is 3. The van der Waals surface area contributed by atoms with Gasteiger partial charge in [-0.1, -0.05) is 121 Å². The van der Waals surface area contributed by atoms with Crippen LogP contribution in [-0.2, 0) is 6.42 Å². The molecule has 0 atom stereocenters. The molecule has 0 fully saturated rings. The molecule has 5 aromatic carbocycles. The van der Waals surface area contributed by atoms with Crippen LogP contribution in [-0.4, -0.2) is 19.9 Å². The van der Waals surface area contributed by atoms with Crippen molar-refractivity contribution in [2.75, 3.05) is 0 Å². The second-order valence-corrected chi connectivity index (χ2v) is 10.7. The Morgan fingerprint density at radius 1 is 0.395 bits per heavy atom. The minimum Gasteiger partial charge on any atom is -0.256 e. The SMILES string of the molecule is c1ccc(-c2nc(-c3ccccc3)nc(-c3cccc(-c4cccc(-c5nccc6c5Cc5ccccc5-6)c4)c3)n2)cc1. The summed E-state index contributed by atoms with van der Waals surface area (Å²) >= 11 is 0. The number of benzene rings is 5. The predicted molar refractivity (Wildman–Crippen MR) is 173 cm³/mol. The second kappa shape index (κ2) is 10.6. The number of aromatic nitrogens is 4. The largest absolute Gasteiger partial charge is 0.256 e. The molecule has 1 aliphatic carbocycles. The van der Waals surface area contributed by atoms with Crippen molar-refractivity contribution in [1.29, 1.82) is 0 Å². The minimum atomic E-state index is 0.644. The van der Waals surface area contributed by atoms with Gasteiger partial charge >= 0.3 is 0 Å². The Bertz CT molecular complexity index is 2050. The molecule has 0 N–H and O–H groups in total. The van der Waals surface area contributed by atoms with Gasteiger partial charge in [0.2, 0.25) is 0 Å². The first kappa shape index (κ1) is 25.0. The van der Waals surface area contributed by atoms with Crippen LogP contribution < -0.4 is 0 Å². The van der Waals surface area contributed by atoms with E-state index < -0.39 is 0 Å². The Morgan fingerprint density at radius 2 is 0.907 bits per heavy atom. The summed E-state index contributed by atoms with van der Waals surface area (Å²) in [5, 5.41) is 0. The van der Waals surface area contributed by atoms with Gasteiger partial charge in [-0.3, -0.25) is 4.98 Å². The van der Waals surface area contributed by atoms with E-state index in [2.05, 4.69) is 78.9 Å².